The lowest BCUT2D eigenvalue weighted by Gasteiger charge is -2.38. The first-order valence-electron chi connectivity index (χ1n) is 12.8. The molecule has 5 rings (SSSR count). The molecule has 1 spiro atoms. The number of nitrogens with one attached hydrogen (secondary N) is 1. The van der Waals surface area contributed by atoms with E-state index in [0.29, 0.717) is 23.1 Å². The maximum absolute atomic E-state index is 14.0. The van der Waals surface area contributed by atoms with Gasteiger partial charge >= 0.3 is 0 Å². The van der Waals surface area contributed by atoms with E-state index in [1.165, 1.54) is 17.3 Å². The van der Waals surface area contributed by atoms with Crippen molar-refractivity contribution < 1.29 is 18.0 Å². The number of nitrogens with zero attached hydrogens (tertiary/aromatic N) is 6. The average Bonchev–Trinajstić information content (AvgIpc) is 3.39. The van der Waals surface area contributed by atoms with E-state index in [2.05, 4.69) is 49.1 Å². The Labute approximate surface area is 217 Å². The molecule has 2 fully saturated rings. The van der Waals surface area contributed by atoms with Crippen molar-refractivity contribution in [3.05, 3.63) is 23.8 Å². The summed E-state index contributed by atoms with van der Waals surface area (Å²) >= 11 is 0. The number of fused-ring (bicyclic) bond motifs is 2. The minimum absolute atomic E-state index is 0.0327. The topological polar surface area (TPSA) is 96.4 Å². The highest BCUT2D eigenvalue weighted by molar-refractivity contribution is 6.74. The molecule has 0 aromatic carbocycles. The van der Waals surface area contributed by atoms with Crippen molar-refractivity contribution in [2.75, 3.05) is 35.3 Å². The highest BCUT2D eigenvalue weighted by Crippen LogP contribution is 2.55. The highest BCUT2D eigenvalue weighted by atomic mass is 28.4. The van der Waals surface area contributed by atoms with Crippen LogP contribution in [-0.2, 0) is 21.2 Å². The molecular weight excluding hydrogens is 496 g/mol. The van der Waals surface area contributed by atoms with Gasteiger partial charge in [0.2, 0.25) is 11.9 Å². The van der Waals surface area contributed by atoms with Crippen LogP contribution in [0, 0.1) is 0 Å². The van der Waals surface area contributed by atoms with Gasteiger partial charge in [0.15, 0.2) is 14.1 Å². The lowest BCUT2D eigenvalue weighted by Crippen LogP contribution is -2.57. The van der Waals surface area contributed by atoms with Crippen molar-refractivity contribution in [2.24, 2.45) is 0 Å². The largest absolute Gasteiger partial charge is 0.409 e. The Kier molecular flexibility index (Phi) is 6.06. The molecular formula is C25H35F2N7O2Si. The minimum Gasteiger partial charge on any atom is -0.409 e. The van der Waals surface area contributed by atoms with Crippen molar-refractivity contribution in [3.8, 4) is 0 Å². The number of carbonyl (C=O) groups excluding carboxylic acids is 1. The van der Waals surface area contributed by atoms with Gasteiger partial charge in [-0.1, -0.05) is 33.6 Å². The second-order valence-electron chi connectivity index (χ2n) is 11.9. The van der Waals surface area contributed by atoms with Gasteiger partial charge in [-0.15, -0.1) is 0 Å². The van der Waals surface area contributed by atoms with E-state index in [1.54, 1.807) is 11.9 Å². The molecule has 1 aliphatic carbocycles. The lowest BCUT2D eigenvalue weighted by molar-refractivity contribution is -0.122. The lowest BCUT2D eigenvalue weighted by atomic mass is 9.80. The summed E-state index contributed by atoms with van der Waals surface area (Å²) in [4.78, 5) is 35.3. The Bertz CT molecular complexity index is 1200. The minimum atomic E-state index is -2.72. The van der Waals surface area contributed by atoms with Crippen LogP contribution in [0.5, 0.6) is 0 Å². The van der Waals surface area contributed by atoms with Gasteiger partial charge in [0.1, 0.15) is 11.6 Å². The van der Waals surface area contributed by atoms with Gasteiger partial charge in [-0.3, -0.25) is 9.69 Å². The molecule has 200 valence electrons. The zero-order chi connectivity index (χ0) is 26.8. The van der Waals surface area contributed by atoms with E-state index < -0.39 is 32.7 Å². The van der Waals surface area contributed by atoms with Crippen molar-refractivity contribution in [1.82, 2.24) is 19.9 Å². The highest BCUT2D eigenvalue weighted by Gasteiger charge is 2.56. The molecule has 4 heterocycles. The molecule has 0 radical (unpaired) electrons. The van der Waals surface area contributed by atoms with Gasteiger partial charge in [-0.2, -0.15) is 0 Å². The molecule has 2 aliphatic heterocycles. The van der Waals surface area contributed by atoms with Gasteiger partial charge < -0.3 is 14.6 Å². The van der Waals surface area contributed by atoms with E-state index in [0.717, 1.165) is 31.2 Å². The average molecular weight is 532 g/mol. The summed E-state index contributed by atoms with van der Waals surface area (Å²) in [6.45, 7) is 10.3. The number of hydrogen-bond donors (Lipinski definition) is 1. The third kappa shape index (κ3) is 4.27. The first kappa shape index (κ1) is 25.9. The standard InChI is InChI=1S/C25H35F2N7O2Si/c1-23(2,3)37(5,6)36-13-17-31-19(28-4)18-20(32-17)34(21(35)24(18)9-7-8-10-24)16-11-29-22(30-12-16)33-14-25(26,27)15-33/h11-12H,7-10,13-15H2,1-6H3,(H,28,31,32). The number of amides is 1. The number of anilines is 4. The third-order valence-corrected chi connectivity index (χ3v) is 12.8. The summed E-state index contributed by atoms with van der Waals surface area (Å²) in [5.41, 5.74) is 0.563. The molecule has 1 amide bonds. The fraction of sp³-hybridized carbons (Fsp3) is 0.640. The molecule has 3 aliphatic rings. The second-order valence-corrected chi connectivity index (χ2v) is 16.7. The summed E-state index contributed by atoms with van der Waals surface area (Å²) in [5, 5.41) is 3.24. The van der Waals surface area contributed by atoms with Crippen LogP contribution in [0.1, 0.15) is 57.8 Å². The summed E-state index contributed by atoms with van der Waals surface area (Å²) in [6.07, 6.45) is 6.35. The smallest absolute Gasteiger partial charge is 0.282 e. The Morgan fingerprint density at radius 3 is 2.27 bits per heavy atom. The van der Waals surface area contributed by atoms with Crippen LogP contribution < -0.4 is 15.1 Å². The molecule has 1 N–H and O–H groups in total. The number of rotatable bonds is 6. The first-order valence-corrected chi connectivity index (χ1v) is 15.7. The maximum atomic E-state index is 14.0. The van der Waals surface area contributed by atoms with Crippen LogP contribution in [0.3, 0.4) is 0 Å². The van der Waals surface area contributed by atoms with E-state index in [9.17, 15) is 13.6 Å². The summed E-state index contributed by atoms with van der Waals surface area (Å²) in [6, 6.07) is 0. The van der Waals surface area contributed by atoms with Crippen molar-refractivity contribution in [2.45, 2.75) is 82.5 Å². The number of carbonyl (C=O) groups is 1. The SMILES string of the molecule is CNc1nc(CO[Si](C)(C)C(C)(C)C)nc2c1C1(CCCC1)C(=O)N2c1cnc(N2CC(F)(F)C2)nc1. The van der Waals surface area contributed by atoms with Gasteiger partial charge in [0.05, 0.1) is 48.8 Å². The predicted molar refractivity (Wildman–Crippen MR) is 140 cm³/mol. The third-order valence-electron chi connectivity index (χ3n) is 8.31. The number of hydrogen-bond acceptors (Lipinski definition) is 8. The van der Waals surface area contributed by atoms with Crippen molar-refractivity contribution in [3.63, 3.8) is 0 Å². The van der Waals surface area contributed by atoms with Crippen molar-refractivity contribution in [1.29, 1.82) is 0 Å². The molecule has 0 bridgehead atoms. The van der Waals surface area contributed by atoms with Crippen molar-refractivity contribution >= 4 is 37.5 Å². The molecule has 37 heavy (non-hydrogen) atoms. The van der Waals surface area contributed by atoms with Crippen LogP contribution in [0.25, 0.3) is 0 Å². The predicted octanol–water partition coefficient (Wildman–Crippen LogP) is 4.78. The monoisotopic (exact) mass is 531 g/mol. The molecule has 0 atom stereocenters. The fourth-order valence-electron chi connectivity index (χ4n) is 5.15. The maximum Gasteiger partial charge on any atom is 0.282 e. The molecule has 2 aromatic rings. The fourth-order valence-corrected chi connectivity index (χ4v) is 6.07. The summed E-state index contributed by atoms with van der Waals surface area (Å²) < 4.78 is 33.0. The molecule has 1 saturated carbocycles. The van der Waals surface area contributed by atoms with E-state index in [-0.39, 0.29) is 23.5 Å². The first-order chi connectivity index (χ1) is 17.3. The summed E-state index contributed by atoms with van der Waals surface area (Å²) in [5.74, 6) is -0.909. The van der Waals surface area contributed by atoms with Gasteiger partial charge in [-0.25, -0.2) is 28.7 Å². The second kappa shape index (κ2) is 8.65. The number of alkyl halides is 2. The molecule has 12 heteroatoms. The zero-order valence-corrected chi connectivity index (χ0v) is 23.4. The number of aromatic nitrogens is 4. The van der Waals surface area contributed by atoms with E-state index >= 15 is 0 Å². The normalized spacial score (nSPS) is 20.4. The van der Waals surface area contributed by atoms with Crippen LogP contribution in [-0.4, -0.2) is 60.2 Å². The Balaban J connectivity index is 1.52. The van der Waals surface area contributed by atoms with Gasteiger partial charge in [-0.05, 0) is 31.0 Å². The Morgan fingerprint density at radius 2 is 1.73 bits per heavy atom. The van der Waals surface area contributed by atoms with Gasteiger partial charge in [0, 0.05) is 7.05 Å². The van der Waals surface area contributed by atoms with Crippen LogP contribution >= 0.6 is 0 Å². The van der Waals surface area contributed by atoms with Crippen LogP contribution in [0.4, 0.5) is 32.1 Å². The Hall–Kier alpha value is -2.73. The zero-order valence-electron chi connectivity index (χ0n) is 22.4. The molecule has 9 nitrogen and oxygen atoms in total. The summed E-state index contributed by atoms with van der Waals surface area (Å²) in [7, 11) is -0.249. The van der Waals surface area contributed by atoms with E-state index in [1.807, 2.05) is 0 Å². The van der Waals surface area contributed by atoms with Gasteiger partial charge in [0.25, 0.3) is 5.92 Å². The molecule has 0 unspecified atom stereocenters. The quantitative estimate of drug-likeness (QED) is 0.533. The van der Waals surface area contributed by atoms with E-state index in [4.69, 9.17) is 14.4 Å². The molecule has 1 saturated heterocycles. The van der Waals surface area contributed by atoms with Crippen LogP contribution in [0.2, 0.25) is 18.1 Å². The van der Waals surface area contributed by atoms with Crippen LogP contribution in [0.15, 0.2) is 12.4 Å². The number of halogens is 2. The Morgan fingerprint density at radius 1 is 1.11 bits per heavy atom. The molecule has 2 aromatic heterocycles.